The van der Waals surface area contributed by atoms with Crippen LogP contribution in [0, 0.1) is 0 Å². The molecule has 1 aromatic rings. The third-order valence-electron chi connectivity index (χ3n) is 4.21. The first kappa shape index (κ1) is 14.1. The highest BCUT2D eigenvalue weighted by molar-refractivity contribution is 9.10. The minimum Gasteiger partial charge on any atom is -0.365 e. The first-order valence-electron chi connectivity index (χ1n) is 7.55. The van der Waals surface area contributed by atoms with Gasteiger partial charge in [-0.3, -0.25) is 4.90 Å². The number of fused-ring (bicyclic) bond motifs is 1. The molecular weight excluding hydrogens is 318 g/mol. The maximum absolute atomic E-state index is 4.59. The van der Waals surface area contributed by atoms with Gasteiger partial charge in [-0.05, 0) is 48.2 Å². The lowest BCUT2D eigenvalue weighted by Crippen LogP contribution is -2.34. The molecule has 0 bridgehead atoms. The average molecular weight is 340 g/mol. The molecule has 0 spiro atoms. The first-order chi connectivity index (χ1) is 9.78. The van der Waals surface area contributed by atoms with Crippen LogP contribution in [-0.4, -0.2) is 46.6 Å². The van der Waals surface area contributed by atoms with Gasteiger partial charge in [-0.15, -0.1) is 0 Å². The van der Waals surface area contributed by atoms with Gasteiger partial charge in [-0.25, -0.2) is 4.98 Å². The van der Waals surface area contributed by atoms with E-state index in [9.17, 15) is 0 Å². The van der Waals surface area contributed by atoms with Crippen molar-refractivity contribution < 1.29 is 0 Å². The second-order valence-corrected chi connectivity index (χ2v) is 6.46. The molecule has 0 amide bonds. The van der Waals surface area contributed by atoms with Crippen LogP contribution < -0.4 is 10.6 Å². The Labute approximate surface area is 128 Å². The molecule has 3 rings (SSSR count). The molecule has 0 aromatic carbocycles. The third-order valence-corrected chi connectivity index (χ3v) is 4.79. The molecule has 2 aliphatic heterocycles. The number of aromatic nitrogens is 2. The Balaban J connectivity index is 1.69. The lowest BCUT2D eigenvalue weighted by Gasteiger charge is -2.22. The maximum atomic E-state index is 4.59. The van der Waals surface area contributed by atoms with Gasteiger partial charge in [0.25, 0.3) is 0 Å². The van der Waals surface area contributed by atoms with E-state index < -0.39 is 0 Å². The van der Waals surface area contributed by atoms with Crippen molar-refractivity contribution >= 4 is 27.7 Å². The SMILES string of the molecule is CCCNc1ncc(Br)c(NC2CCN3CCCC23)n1. The third kappa shape index (κ3) is 2.91. The Morgan fingerprint density at radius 3 is 3.15 bits per heavy atom. The molecule has 2 unspecified atom stereocenters. The predicted octanol–water partition coefficient (Wildman–Crippen LogP) is 2.71. The van der Waals surface area contributed by atoms with Crippen molar-refractivity contribution in [2.75, 3.05) is 30.3 Å². The Morgan fingerprint density at radius 2 is 2.30 bits per heavy atom. The molecule has 2 N–H and O–H groups in total. The van der Waals surface area contributed by atoms with Gasteiger partial charge in [0.05, 0.1) is 4.47 Å². The van der Waals surface area contributed by atoms with Crippen LogP contribution in [0.3, 0.4) is 0 Å². The Hall–Kier alpha value is -0.880. The number of anilines is 2. The fourth-order valence-corrected chi connectivity index (χ4v) is 3.52. The number of hydrogen-bond donors (Lipinski definition) is 2. The smallest absolute Gasteiger partial charge is 0.224 e. The molecule has 2 aliphatic rings. The lowest BCUT2D eigenvalue weighted by atomic mass is 10.1. The zero-order valence-corrected chi connectivity index (χ0v) is 13.5. The molecule has 0 radical (unpaired) electrons. The zero-order valence-electron chi connectivity index (χ0n) is 11.9. The highest BCUT2D eigenvalue weighted by Crippen LogP contribution is 2.31. The van der Waals surface area contributed by atoms with Crippen molar-refractivity contribution in [1.82, 2.24) is 14.9 Å². The molecule has 2 saturated heterocycles. The Morgan fingerprint density at radius 1 is 1.40 bits per heavy atom. The van der Waals surface area contributed by atoms with Gasteiger partial charge < -0.3 is 10.6 Å². The van der Waals surface area contributed by atoms with E-state index in [0.29, 0.717) is 18.0 Å². The van der Waals surface area contributed by atoms with E-state index in [0.717, 1.165) is 23.3 Å². The molecule has 1 aromatic heterocycles. The van der Waals surface area contributed by atoms with Crippen LogP contribution in [0.2, 0.25) is 0 Å². The van der Waals surface area contributed by atoms with Crippen molar-refractivity contribution in [2.45, 2.75) is 44.7 Å². The summed E-state index contributed by atoms with van der Waals surface area (Å²) in [6, 6.07) is 1.20. The molecule has 0 aliphatic carbocycles. The fourth-order valence-electron chi connectivity index (χ4n) is 3.22. The largest absolute Gasteiger partial charge is 0.365 e. The monoisotopic (exact) mass is 339 g/mol. The van der Waals surface area contributed by atoms with Crippen LogP contribution in [0.5, 0.6) is 0 Å². The number of nitrogens with zero attached hydrogens (tertiary/aromatic N) is 3. The highest BCUT2D eigenvalue weighted by atomic mass is 79.9. The second kappa shape index (κ2) is 6.26. The number of halogens is 1. The summed E-state index contributed by atoms with van der Waals surface area (Å²) in [6.07, 6.45) is 6.74. The first-order valence-corrected chi connectivity index (χ1v) is 8.34. The van der Waals surface area contributed by atoms with Crippen molar-refractivity contribution in [3.05, 3.63) is 10.7 Å². The molecule has 0 saturated carbocycles. The molecule has 110 valence electrons. The normalized spacial score (nSPS) is 25.7. The van der Waals surface area contributed by atoms with Crippen LogP contribution in [0.1, 0.15) is 32.6 Å². The van der Waals surface area contributed by atoms with Gasteiger partial charge in [0.2, 0.25) is 5.95 Å². The summed E-state index contributed by atoms with van der Waals surface area (Å²) in [5, 5.41) is 6.86. The number of hydrogen-bond acceptors (Lipinski definition) is 5. The maximum Gasteiger partial charge on any atom is 0.224 e. The van der Waals surface area contributed by atoms with Gasteiger partial charge in [-0.2, -0.15) is 4.98 Å². The van der Waals surface area contributed by atoms with E-state index >= 15 is 0 Å². The van der Waals surface area contributed by atoms with Gasteiger partial charge in [0, 0.05) is 31.4 Å². The summed E-state index contributed by atoms with van der Waals surface area (Å²) in [4.78, 5) is 11.5. The fraction of sp³-hybridized carbons (Fsp3) is 0.714. The summed E-state index contributed by atoms with van der Waals surface area (Å²) < 4.78 is 0.941. The summed E-state index contributed by atoms with van der Waals surface area (Å²) >= 11 is 3.55. The van der Waals surface area contributed by atoms with Gasteiger partial charge in [-0.1, -0.05) is 6.92 Å². The summed E-state index contributed by atoms with van der Waals surface area (Å²) in [5.41, 5.74) is 0. The van der Waals surface area contributed by atoms with Crippen LogP contribution in [0.25, 0.3) is 0 Å². The summed E-state index contributed by atoms with van der Waals surface area (Å²) in [7, 11) is 0. The Kier molecular flexibility index (Phi) is 4.41. The number of rotatable bonds is 5. The standard InChI is InChI=1S/C14H22BrN5/c1-2-6-16-14-17-9-10(15)13(19-14)18-11-5-8-20-7-3-4-12(11)20/h9,11-12H,2-8H2,1H3,(H2,16,17,18,19). The molecule has 20 heavy (non-hydrogen) atoms. The van der Waals surface area contributed by atoms with Gasteiger partial charge >= 0.3 is 0 Å². The van der Waals surface area contributed by atoms with E-state index in [1.807, 2.05) is 6.20 Å². The lowest BCUT2D eigenvalue weighted by molar-refractivity contribution is 0.318. The molecule has 2 atom stereocenters. The highest BCUT2D eigenvalue weighted by Gasteiger charge is 2.37. The molecule has 3 heterocycles. The van der Waals surface area contributed by atoms with Crippen molar-refractivity contribution in [3.8, 4) is 0 Å². The summed E-state index contributed by atoms with van der Waals surface area (Å²) in [6.45, 7) is 5.52. The quantitative estimate of drug-likeness (QED) is 0.863. The molecule has 2 fully saturated rings. The molecule has 6 heteroatoms. The second-order valence-electron chi connectivity index (χ2n) is 5.60. The number of nitrogens with one attached hydrogen (secondary N) is 2. The minimum atomic E-state index is 0.516. The van der Waals surface area contributed by atoms with E-state index in [1.165, 1.54) is 32.4 Å². The average Bonchev–Trinajstić information content (AvgIpc) is 3.04. The molecule has 5 nitrogen and oxygen atoms in total. The van der Waals surface area contributed by atoms with Crippen LogP contribution in [0.4, 0.5) is 11.8 Å². The van der Waals surface area contributed by atoms with Crippen molar-refractivity contribution in [2.24, 2.45) is 0 Å². The predicted molar refractivity (Wildman–Crippen MR) is 85.1 cm³/mol. The zero-order chi connectivity index (χ0) is 13.9. The summed E-state index contributed by atoms with van der Waals surface area (Å²) in [5.74, 6) is 1.62. The topological polar surface area (TPSA) is 53.1 Å². The van der Waals surface area contributed by atoms with Crippen LogP contribution >= 0.6 is 15.9 Å². The Bertz CT molecular complexity index is 467. The van der Waals surface area contributed by atoms with E-state index in [1.54, 1.807) is 0 Å². The van der Waals surface area contributed by atoms with Crippen LogP contribution in [-0.2, 0) is 0 Å². The molecular formula is C14H22BrN5. The van der Waals surface area contributed by atoms with Gasteiger partial charge in [0.15, 0.2) is 0 Å². The minimum absolute atomic E-state index is 0.516. The van der Waals surface area contributed by atoms with E-state index in [4.69, 9.17) is 0 Å². The van der Waals surface area contributed by atoms with Crippen molar-refractivity contribution in [1.29, 1.82) is 0 Å². The van der Waals surface area contributed by atoms with E-state index in [-0.39, 0.29) is 0 Å². The van der Waals surface area contributed by atoms with E-state index in [2.05, 4.69) is 48.4 Å². The van der Waals surface area contributed by atoms with Crippen molar-refractivity contribution in [3.63, 3.8) is 0 Å². The van der Waals surface area contributed by atoms with Crippen LogP contribution in [0.15, 0.2) is 10.7 Å². The van der Waals surface area contributed by atoms with Gasteiger partial charge in [0.1, 0.15) is 5.82 Å².